The summed E-state index contributed by atoms with van der Waals surface area (Å²) in [5.74, 6) is 0.847. The summed E-state index contributed by atoms with van der Waals surface area (Å²) in [5, 5.41) is 0. The van der Waals surface area contributed by atoms with Gasteiger partial charge in [-0.2, -0.15) is 0 Å². The van der Waals surface area contributed by atoms with Crippen LogP contribution < -0.4 is 4.52 Å². The van der Waals surface area contributed by atoms with Crippen LogP contribution in [0.2, 0.25) is 0 Å². The van der Waals surface area contributed by atoms with Gasteiger partial charge in [0.1, 0.15) is 5.75 Å². The monoisotopic (exact) mass is 284 g/mol. The molecule has 2 N–H and O–H groups in total. The second-order valence-corrected chi connectivity index (χ2v) is 7.77. The van der Waals surface area contributed by atoms with Gasteiger partial charge in [0.25, 0.3) is 0 Å². The van der Waals surface area contributed by atoms with E-state index in [1.165, 1.54) is 0 Å². The molecule has 1 rings (SSSR count). The SMILES string of the molecule is CC(C)(C)C(c1cccc(OP(O)O)c1)C(C)(C)C. The molecule has 0 heterocycles. The third-order valence-electron chi connectivity index (χ3n) is 3.11. The van der Waals surface area contributed by atoms with Crippen LogP contribution in [0.25, 0.3) is 0 Å². The van der Waals surface area contributed by atoms with Crippen LogP contribution >= 0.6 is 8.60 Å². The molecule has 19 heavy (non-hydrogen) atoms. The highest BCUT2D eigenvalue weighted by molar-refractivity contribution is 7.39. The average Bonchev–Trinajstić information content (AvgIpc) is 2.11. The minimum Gasteiger partial charge on any atom is -0.427 e. The Hall–Kier alpha value is -0.630. The first-order valence-electron chi connectivity index (χ1n) is 6.47. The first-order valence-corrected chi connectivity index (χ1v) is 7.64. The van der Waals surface area contributed by atoms with Crippen molar-refractivity contribution in [2.45, 2.75) is 47.5 Å². The Balaban J connectivity index is 3.17. The molecule has 108 valence electrons. The summed E-state index contributed by atoms with van der Waals surface area (Å²) in [6.07, 6.45) is 0. The summed E-state index contributed by atoms with van der Waals surface area (Å²) < 4.78 is 5.01. The first-order chi connectivity index (χ1) is 8.51. The van der Waals surface area contributed by atoms with Crippen molar-refractivity contribution in [1.82, 2.24) is 0 Å². The van der Waals surface area contributed by atoms with Crippen molar-refractivity contribution in [3.8, 4) is 5.75 Å². The summed E-state index contributed by atoms with van der Waals surface area (Å²) in [7, 11) is -2.36. The average molecular weight is 284 g/mol. The topological polar surface area (TPSA) is 49.7 Å². The van der Waals surface area contributed by atoms with E-state index in [0.29, 0.717) is 11.7 Å². The van der Waals surface area contributed by atoms with Gasteiger partial charge < -0.3 is 14.3 Å². The van der Waals surface area contributed by atoms with Crippen molar-refractivity contribution in [2.24, 2.45) is 10.8 Å². The molecule has 1 aromatic rings. The Bertz CT molecular complexity index is 402. The van der Waals surface area contributed by atoms with E-state index in [2.05, 4.69) is 47.6 Å². The Morgan fingerprint density at radius 1 is 1.00 bits per heavy atom. The lowest BCUT2D eigenvalue weighted by Gasteiger charge is -2.41. The van der Waals surface area contributed by atoms with Crippen molar-refractivity contribution < 1.29 is 14.3 Å². The maximum Gasteiger partial charge on any atom is 0.391 e. The van der Waals surface area contributed by atoms with Gasteiger partial charge in [-0.05, 0) is 34.4 Å². The minimum atomic E-state index is -2.36. The minimum absolute atomic E-state index is 0.111. The molecule has 0 aliphatic carbocycles. The van der Waals surface area contributed by atoms with Crippen LogP contribution in [0.5, 0.6) is 5.75 Å². The van der Waals surface area contributed by atoms with Crippen LogP contribution in [0.1, 0.15) is 53.0 Å². The van der Waals surface area contributed by atoms with Crippen molar-refractivity contribution >= 4 is 8.60 Å². The second-order valence-electron chi connectivity index (χ2n) is 7.08. The molecule has 3 nitrogen and oxygen atoms in total. The summed E-state index contributed by atoms with van der Waals surface area (Å²) in [6, 6.07) is 7.62. The fourth-order valence-corrected chi connectivity index (χ4v) is 3.45. The molecular formula is C15H25O3P. The molecule has 1 aromatic carbocycles. The lowest BCUT2D eigenvalue weighted by Crippen LogP contribution is -2.30. The molecule has 0 spiro atoms. The molecule has 0 radical (unpaired) electrons. The summed E-state index contributed by atoms with van der Waals surface area (Å²) in [5.41, 5.74) is 1.38. The van der Waals surface area contributed by atoms with E-state index in [4.69, 9.17) is 14.3 Å². The van der Waals surface area contributed by atoms with E-state index in [1.54, 1.807) is 6.07 Å². The summed E-state index contributed by atoms with van der Waals surface area (Å²) in [4.78, 5) is 17.9. The van der Waals surface area contributed by atoms with Gasteiger partial charge in [-0.15, -0.1) is 0 Å². The van der Waals surface area contributed by atoms with Crippen LogP contribution in [-0.4, -0.2) is 9.79 Å². The Labute approximate surface area is 117 Å². The number of hydrogen-bond acceptors (Lipinski definition) is 3. The van der Waals surface area contributed by atoms with Crippen LogP contribution in [0.4, 0.5) is 0 Å². The van der Waals surface area contributed by atoms with Crippen LogP contribution in [-0.2, 0) is 0 Å². The molecular weight excluding hydrogens is 259 g/mol. The summed E-state index contributed by atoms with van der Waals surface area (Å²) in [6.45, 7) is 13.3. The zero-order valence-electron chi connectivity index (χ0n) is 12.6. The number of benzene rings is 1. The van der Waals surface area contributed by atoms with Gasteiger partial charge >= 0.3 is 8.60 Å². The van der Waals surface area contributed by atoms with Crippen molar-refractivity contribution in [3.05, 3.63) is 29.8 Å². The molecule has 0 aliphatic heterocycles. The lowest BCUT2D eigenvalue weighted by atomic mass is 9.64. The zero-order valence-corrected chi connectivity index (χ0v) is 13.5. The molecule has 0 atom stereocenters. The molecule has 0 saturated heterocycles. The predicted molar refractivity (Wildman–Crippen MR) is 80.1 cm³/mol. The fraction of sp³-hybridized carbons (Fsp3) is 0.600. The third kappa shape index (κ3) is 4.76. The maximum absolute atomic E-state index is 8.95. The van der Waals surface area contributed by atoms with Gasteiger partial charge in [-0.25, -0.2) is 0 Å². The molecule has 0 bridgehead atoms. The standard InChI is InChI=1S/C15H25O3P/c1-14(2,3)13(15(4,5)6)11-8-7-9-12(10-11)18-19(16)17/h7-10,13,16-17H,1-6H3. The largest absolute Gasteiger partial charge is 0.427 e. The van der Waals surface area contributed by atoms with E-state index in [1.807, 2.05) is 12.1 Å². The van der Waals surface area contributed by atoms with E-state index < -0.39 is 8.60 Å². The smallest absolute Gasteiger partial charge is 0.391 e. The predicted octanol–water partition coefficient (Wildman–Crippen LogP) is 4.45. The van der Waals surface area contributed by atoms with Crippen LogP contribution in [0.15, 0.2) is 24.3 Å². The molecule has 0 aliphatic rings. The van der Waals surface area contributed by atoms with Crippen molar-refractivity contribution in [3.63, 3.8) is 0 Å². The van der Waals surface area contributed by atoms with E-state index >= 15 is 0 Å². The number of hydrogen-bond donors (Lipinski definition) is 2. The fourth-order valence-electron chi connectivity index (χ4n) is 3.14. The molecule has 0 unspecified atom stereocenters. The van der Waals surface area contributed by atoms with Gasteiger partial charge in [0, 0.05) is 0 Å². The Morgan fingerprint density at radius 3 is 1.95 bits per heavy atom. The van der Waals surface area contributed by atoms with E-state index in [-0.39, 0.29) is 10.8 Å². The van der Waals surface area contributed by atoms with Gasteiger partial charge in [0.15, 0.2) is 0 Å². The van der Waals surface area contributed by atoms with Gasteiger partial charge in [0.2, 0.25) is 0 Å². The third-order valence-corrected chi connectivity index (χ3v) is 3.48. The normalized spacial score (nSPS) is 13.2. The molecule has 0 fully saturated rings. The maximum atomic E-state index is 8.95. The second kappa shape index (κ2) is 5.78. The van der Waals surface area contributed by atoms with Gasteiger partial charge in [-0.3, -0.25) is 0 Å². The molecule has 0 aromatic heterocycles. The van der Waals surface area contributed by atoms with E-state index in [0.717, 1.165) is 5.56 Å². The van der Waals surface area contributed by atoms with Gasteiger partial charge in [0.05, 0.1) is 0 Å². The zero-order chi connectivity index (χ0) is 14.8. The lowest BCUT2D eigenvalue weighted by molar-refractivity contribution is 0.176. The van der Waals surface area contributed by atoms with Crippen molar-refractivity contribution in [1.29, 1.82) is 0 Å². The molecule has 4 heteroatoms. The van der Waals surface area contributed by atoms with E-state index in [9.17, 15) is 0 Å². The first kappa shape index (κ1) is 16.4. The summed E-state index contributed by atoms with van der Waals surface area (Å²) >= 11 is 0. The molecule has 0 saturated carbocycles. The van der Waals surface area contributed by atoms with Gasteiger partial charge in [-0.1, -0.05) is 53.7 Å². The molecule has 0 amide bonds. The van der Waals surface area contributed by atoms with Crippen molar-refractivity contribution in [2.75, 3.05) is 0 Å². The highest BCUT2D eigenvalue weighted by Crippen LogP contribution is 2.48. The Morgan fingerprint density at radius 2 is 1.53 bits per heavy atom. The highest BCUT2D eigenvalue weighted by Gasteiger charge is 2.36. The Kier molecular flexibility index (Phi) is 5.00. The van der Waals surface area contributed by atoms with Crippen LogP contribution in [0, 0.1) is 10.8 Å². The quantitative estimate of drug-likeness (QED) is 0.806. The van der Waals surface area contributed by atoms with Crippen LogP contribution in [0.3, 0.4) is 0 Å². The highest BCUT2D eigenvalue weighted by atomic mass is 31.2. The number of rotatable bonds is 3.